The molecule has 158 valence electrons. The standard InChI is InChI=1S/C23H28N4O3/c1-14-5-6-15(2)19(11-14)30-16-7-9-27(10-8-16)23-25-18-13-21(29-4)20(28-3)12-17(18)22(24)26-23/h5-6,11-13,16H,7-10H2,1-4H3,(H2,24,25,26). The molecule has 3 aromatic rings. The summed E-state index contributed by atoms with van der Waals surface area (Å²) >= 11 is 0. The van der Waals surface area contributed by atoms with Crippen molar-refractivity contribution in [2.75, 3.05) is 37.9 Å². The number of rotatable bonds is 5. The smallest absolute Gasteiger partial charge is 0.227 e. The largest absolute Gasteiger partial charge is 0.493 e. The summed E-state index contributed by atoms with van der Waals surface area (Å²) in [5, 5.41) is 0.754. The molecule has 1 fully saturated rings. The molecule has 0 radical (unpaired) electrons. The molecular formula is C23H28N4O3. The minimum Gasteiger partial charge on any atom is -0.493 e. The quantitative estimate of drug-likeness (QED) is 0.686. The molecule has 1 aliphatic rings. The Balaban J connectivity index is 1.51. The molecule has 0 aliphatic carbocycles. The normalized spacial score (nSPS) is 14.7. The number of aromatic nitrogens is 2. The number of anilines is 2. The molecule has 2 aromatic carbocycles. The lowest BCUT2D eigenvalue weighted by Crippen LogP contribution is -2.39. The van der Waals surface area contributed by atoms with Crippen molar-refractivity contribution in [2.45, 2.75) is 32.8 Å². The van der Waals surface area contributed by atoms with E-state index in [2.05, 4.69) is 41.9 Å². The minimum atomic E-state index is 0.184. The molecule has 1 aliphatic heterocycles. The number of piperidine rings is 1. The van der Waals surface area contributed by atoms with Crippen LogP contribution in [0.4, 0.5) is 11.8 Å². The van der Waals surface area contributed by atoms with Crippen molar-refractivity contribution in [1.82, 2.24) is 9.97 Å². The molecule has 30 heavy (non-hydrogen) atoms. The zero-order valence-electron chi connectivity index (χ0n) is 17.9. The summed E-state index contributed by atoms with van der Waals surface area (Å²) in [4.78, 5) is 11.4. The van der Waals surface area contributed by atoms with Crippen LogP contribution in [0.3, 0.4) is 0 Å². The lowest BCUT2D eigenvalue weighted by atomic mass is 10.1. The van der Waals surface area contributed by atoms with Gasteiger partial charge in [0.15, 0.2) is 11.5 Å². The van der Waals surface area contributed by atoms with E-state index in [1.54, 1.807) is 14.2 Å². The van der Waals surface area contributed by atoms with E-state index in [0.29, 0.717) is 23.3 Å². The van der Waals surface area contributed by atoms with E-state index in [4.69, 9.17) is 24.9 Å². The van der Waals surface area contributed by atoms with Gasteiger partial charge in [0, 0.05) is 37.4 Å². The highest BCUT2D eigenvalue weighted by molar-refractivity contribution is 5.91. The maximum Gasteiger partial charge on any atom is 0.227 e. The average Bonchev–Trinajstić information content (AvgIpc) is 2.76. The molecule has 2 heterocycles. The lowest BCUT2D eigenvalue weighted by Gasteiger charge is -2.32. The first-order valence-corrected chi connectivity index (χ1v) is 10.2. The van der Waals surface area contributed by atoms with Crippen molar-refractivity contribution in [1.29, 1.82) is 0 Å². The van der Waals surface area contributed by atoms with Gasteiger partial charge >= 0.3 is 0 Å². The molecule has 1 aromatic heterocycles. The highest BCUT2D eigenvalue weighted by Crippen LogP contribution is 2.34. The third kappa shape index (κ3) is 3.92. The van der Waals surface area contributed by atoms with E-state index in [-0.39, 0.29) is 6.10 Å². The van der Waals surface area contributed by atoms with Crippen molar-refractivity contribution in [2.24, 2.45) is 0 Å². The van der Waals surface area contributed by atoms with E-state index < -0.39 is 0 Å². The van der Waals surface area contributed by atoms with Gasteiger partial charge in [-0.15, -0.1) is 0 Å². The van der Waals surface area contributed by atoms with Gasteiger partial charge in [-0.3, -0.25) is 0 Å². The molecule has 7 nitrogen and oxygen atoms in total. The molecule has 0 spiro atoms. The molecule has 0 amide bonds. The minimum absolute atomic E-state index is 0.184. The zero-order chi connectivity index (χ0) is 21.3. The van der Waals surface area contributed by atoms with Crippen LogP contribution in [-0.2, 0) is 0 Å². The molecule has 4 rings (SSSR count). The Hall–Kier alpha value is -3.22. The molecule has 7 heteroatoms. The number of ether oxygens (including phenoxy) is 3. The molecule has 0 unspecified atom stereocenters. The number of benzene rings is 2. The van der Waals surface area contributed by atoms with Gasteiger partial charge in [-0.05, 0) is 37.1 Å². The molecule has 2 N–H and O–H groups in total. The maximum absolute atomic E-state index is 6.28. The van der Waals surface area contributed by atoms with Gasteiger partial charge in [0.1, 0.15) is 17.7 Å². The van der Waals surface area contributed by atoms with E-state index in [9.17, 15) is 0 Å². The number of hydrogen-bond acceptors (Lipinski definition) is 7. The van der Waals surface area contributed by atoms with Gasteiger partial charge in [-0.25, -0.2) is 4.98 Å². The second-order valence-electron chi connectivity index (χ2n) is 7.71. The van der Waals surface area contributed by atoms with Crippen LogP contribution < -0.4 is 24.8 Å². The van der Waals surface area contributed by atoms with E-state index in [1.165, 1.54) is 5.56 Å². The number of nitrogens with zero attached hydrogens (tertiary/aromatic N) is 3. The first-order chi connectivity index (χ1) is 14.5. The average molecular weight is 409 g/mol. The van der Waals surface area contributed by atoms with Crippen LogP contribution in [0, 0.1) is 13.8 Å². The Bertz CT molecular complexity index is 1060. The first-order valence-electron chi connectivity index (χ1n) is 10.2. The number of fused-ring (bicyclic) bond motifs is 1. The third-order valence-electron chi connectivity index (χ3n) is 5.58. The van der Waals surface area contributed by atoms with Crippen molar-refractivity contribution in [3.63, 3.8) is 0 Å². The van der Waals surface area contributed by atoms with Crippen molar-refractivity contribution in [3.05, 3.63) is 41.5 Å². The highest BCUT2D eigenvalue weighted by atomic mass is 16.5. The molecular weight excluding hydrogens is 380 g/mol. The predicted octanol–water partition coefficient (Wildman–Crippen LogP) is 3.89. The van der Waals surface area contributed by atoms with Crippen LogP contribution >= 0.6 is 0 Å². The van der Waals surface area contributed by atoms with Gasteiger partial charge in [0.25, 0.3) is 0 Å². The lowest BCUT2D eigenvalue weighted by molar-refractivity contribution is 0.169. The van der Waals surface area contributed by atoms with Crippen molar-refractivity contribution >= 4 is 22.7 Å². The predicted molar refractivity (Wildman–Crippen MR) is 119 cm³/mol. The van der Waals surface area contributed by atoms with Crippen LogP contribution in [-0.4, -0.2) is 43.4 Å². The fourth-order valence-corrected chi connectivity index (χ4v) is 3.80. The summed E-state index contributed by atoms with van der Waals surface area (Å²) in [6.07, 6.45) is 1.99. The summed E-state index contributed by atoms with van der Waals surface area (Å²) in [6.45, 7) is 5.79. The van der Waals surface area contributed by atoms with Crippen LogP contribution in [0.25, 0.3) is 10.9 Å². The van der Waals surface area contributed by atoms with Gasteiger partial charge in [0.05, 0.1) is 19.7 Å². The summed E-state index contributed by atoms with van der Waals surface area (Å²) in [5.41, 5.74) is 9.35. The Morgan fingerprint density at radius 2 is 1.63 bits per heavy atom. The fraction of sp³-hybridized carbons (Fsp3) is 0.391. The number of hydrogen-bond donors (Lipinski definition) is 1. The number of methoxy groups -OCH3 is 2. The van der Waals surface area contributed by atoms with Gasteiger partial charge in [-0.2, -0.15) is 4.98 Å². The van der Waals surface area contributed by atoms with Gasteiger partial charge in [0.2, 0.25) is 5.95 Å². The SMILES string of the molecule is COc1cc2nc(N3CCC(Oc4cc(C)ccc4C)CC3)nc(N)c2cc1OC. The Morgan fingerprint density at radius 1 is 0.933 bits per heavy atom. The van der Waals surface area contributed by atoms with E-state index in [1.807, 2.05) is 12.1 Å². The van der Waals surface area contributed by atoms with Crippen LogP contribution in [0.15, 0.2) is 30.3 Å². The van der Waals surface area contributed by atoms with Crippen LogP contribution in [0.2, 0.25) is 0 Å². The van der Waals surface area contributed by atoms with Crippen molar-refractivity contribution < 1.29 is 14.2 Å². The second-order valence-corrected chi connectivity index (χ2v) is 7.71. The van der Waals surface area contributed by atoms with Gasteiger partial charge < -0.3 is 24.8 Å². The van der Waals surface area contributed by atoms with Crippen LogP contribution in [0.5, 0.6) is 17.2 Å². The summed E-state index contributed by atoms with van der Waals surface area (Å²) in [5.74, 6) is 3.27. The van der Waals surface area contributed by atoms with Gasteiger partial charge in [-0.1, -0.05) is 12.1 Å². The molecule has 1 saturated heterocycles. The summed E-state index contributed by atoms with van der Waals surface area (Å²) < 4.78 is 17.0. The summed E-state index contributed by atoms with van der Waals surface area (Å²) in [7, 11) is 3.20. The zero-order valence-corrected chi connectivity index (χ0v) is 17.9. The van der Waals surface area contributed by atoms with Crippen LogP contribution in [0.1, 0.15) is 24.0 Å². The second kappa shape index (κ2) is 8.26. The summed E-state index contributed by atoms with van der Waals surface area (Å²) in [6, 6.07) is 9.98. The first kappa shape index (κ1) is 20.1. The molecule has 0 bridgehead atoms. The highest BCUT2D eigenvalue weighted by Gasteiger charge is 2.24. The Morgan fingerprint density at radius 3 is 2.33 bits per heavy atom. The third-order valence-corrected chi connectivity index (χ3v) is 5.58. The molecule has 0 atom stereocenters. The number of aryl methyl sites for hydroxylation is 2. The number of nitrogens with two attached hydrogens (primary N) is 1. The maximum atomic E-state index is 6.28. The monoisotopic (exact) mass is 408 g/mol. The van der Waals surface area contributed by atoms with E-state index in [0.717, 1.165) is 48.1 Å². The Labute approximate surface area is 176 Å². The number of nitrogen functional groups attached to an aromatic ring is 1. The van der Waals surface area contributed by atoms with Crippen molar-refractivity contribution in [3.8, 4) is 17.2 Å². The molecule has 0 saturated carbocycles. The topological polar surface area (TPSA) is 82.7 Å². The van der Waals surface area contributed by atoms with E-state index >= 15 is 0 Å². The fourth-order valence-electron chi connectivity index (χ4n) is 3.80. The Kier molecular flexibility index (Phi) is 5.53.